The van der Waals surface area contributed by atoms with Crippen molar-refractivity contribution in [3.05, 3.63) is 58.6 Å². The van der Waals surface area contributed by atoms with Gasteiger partial charge in [0.05, 0.1) is 0 Å². The standard InChI is InChI=1S/C24H29ClN2O4/c1-16(2)13-26-24(29)17(3)27(14-19-4-8-20(25)9-5-19)23(28)11-7-18-6-10-21-22(12-18)31-15-30-21/h4-6,8-10,12,16-17H,7,11,13-15H2,1-3H3,(H,26,29). The van der Waals surface area contributed by atoms with Crippen LogP contribution >= 0.6 is 11.6 Å². The summed E-state index contributed by atoms with van der Waals surface area (Å²) in [5.74, 6) is 1.51. The number of ether oxygens (including phenoxy) is 2. The second-order valence-electron chi connectivity index (χ2n) is 8.15. The van der Waals surface area contributed by atoms with E-state index in [0.29, 0.717) is 36.2 Å². The molecule has 2 aromatic carbocycles. The number of fused-ring (bicyclic) bond motifs is 1. The van der Waals surface area contributed by atoms with E-state index in [2.05, 4.69) is 5.32 Å². The van der Waals surface area contributed by atoms with Crippen LogP contribution in [0.25, 0.3) is 0 Å². The largest absolute Gasteiger partial charge is 0.454 e. The fourth-order valence-electron chi connectivity index (χ4n) is 3.31. The van der Waals surface area contributed by atoms with Gasteiger partial charge >= 0.3 is 0 Å². The lowest BCUT2D eigenvalue weighted by Crippen LogP contribution is -2.48. The van der Waals surface area contributed by atoms with Gasteiger partial charge in [0.15, 0.2) is 11.5 Å². The zero-order valence-corrected chi connectivity index (χ0v) is 18.9. The van der Waals surface area contributed by atoms with E-state index in [9.17, 15) is 9.59 Å². The average molecular weight is 445 g/mol. The third kappa shape index (κ3) is 6.37. The van der Waals surface area contributed by atoms with Gasteiger partial charge in [-0.05, 0) is 54.7 Å². The molecule has 0 aliphatic carbocycles. The Morgan fingerprint density at radius 1 is 1.03 bits per heavy atom. The van der Waals surface area contributed by atoms with Crippen LogP contribution in [0, 0.1) is 5.92 Å². The summed E-state index contributed by atoms with van der Waals surface area (Å²) < 4.78 is 10.8. The smallest absolute Gasteiger partial charge is 0.242 e. The Hall–Kier alpha value is -2.73. The number of aryl methyl sites for hydroxylation is 1. The van der Waals surface area contributed by atoms with E-state index < -0.39 is 6.04 Å². The summed E-state index contributed by atoms with van der Waals surface area (Å²) in [5.41, 5.74) is 1.91. The zero-order chi connectivity index (χ0) is 22.4. The van der Waals surface area contributed by atoms with Crippen LogP contribution in [0.4, 0.5) is 0 Å². The first kappa shape index (κ1) is 22.9. The van der Waals surface area contributed by atoms with Crippen molar-refractivity contribution in [1.82, 2.24) is 10.2 Å². The minimum absolute atomic E-state index is 0.0835. The fourth-order valence-corrected chi connectivity index (χ4v) is 3.44. The first-order valence-electron chi connectivity index (χ1n) is 10.5. The molecule has 6 nitrogen and oxygen atoms in total. The molecule has 1 aliphatic heterocycles. The van der Waals surface area contributed by atoms with Crippen molar-refractivity contribution in [2.75, 3.05) is 13.3 Å². The maximum absolute atomic E-state index is 13.2. The van der Waals surface area contributed by atoms with Crippen LogP contribution in [0.15, 0.2) is 42.5 Å². The molecule has 0 radical (unpaired) electrons. The summed E-state index contributed by atoms with van der Waals surface area (Å²) in [5, 5.41) is 3.56. The number of amides is 2. The summed E-state index contributed by atoms with van der Waals surface area (Å²) in [7, 11) is 0. The molecule has 1 atom stereocenters. The molecule has 0 spiro atoms. The van der Waals surface area contributed by atoms with Crippen LogP contribution < -0.4 is 14.8 Å². The van der Waals surface area contributed by atoms with Gasteiger partial charge in [-0.15, -0.1) is 0 Å². The Kier molecular flexibility index (Phi) is 7.80. The van der Waals surface area contributed by atoms with Crippen molar-refractivity contribution in [2.24, 2.45) is 5.92 Å². The highest BCUT2D eigenvalue weighted by Gasteiger charge is 2.26. The Morgan fingerprint density at radius 3 is 2.42 bits per heavy atom. The second-order valence-corrected chi connectivity index (χ2v) is 8.59. The Labute approximate surface area is 188 Å². The van der Waals surface area contributed by atoms with E-state index in [4.69, 9.17) is 21.1 Å². The van der Waals surface area contributed by atoms with E-state index in [1.165, 1.54) is 0 Å². The van der Waals surface area contributed by atoms with Crippen LogP contribution in [-0.4, -0.2) is 36.1 Å². The van der Waals surface area contributed by atoms with E-state index in [0.717, 1.165) is 16.9 Å². The van der Waals surface area contributed by atoms with Crippen LogP contribution in [0.5, 0.6) is 11.5 Å². The van der Waals surface area contributed by atoms with Gasteiger partial charge in [0.25, 0.3) is 0 Å². The fraction of sp³-hybridized carbons (Fsp3) is 0.417. The molecule has 0 aromatic heterocycles. The lowest BCUT2D eigenvalue weighted by molar-refractivity contribution is -0.140. The number of nitrogens with one attached hydrogen (secondary N) is 1. The molecular weight excluding hydrogens is 416 g/mol. The number of benzene rings is 2. The van der Waals surface area contributed by atoms with Crippen LogP contribution in [-0.2, 0) is 22.6 Å². The highest BCUT2D eigenvalue weighted by molar-refractivity contribution is 6.30. The minimum atomic E-state index is -0.585. The van der Waals surface area contributed by atoms with Crippen molar-refractivity contribution in [2.45, 2.75) is 46.2 Å². The van der Waals surface area contributed by atoms with Crippen molar-refractivity contribution in [3.63, 3.8) is 0 Å². The molecule has 2 aromatic rings. The van der Waals surface area contributed by atoms with E-state index >= 15 is 0 Å². The van der Waals surface area contributed by atoms with Gasteiger partial charge in [0, 0.05) is 24.5 Å². The molecule has 0 saturated carbocycles. The number of rotatable bonds is 9. The van der Waals surface area contributed by atoms with Crippen molar-refractivity contribution in [1.29, 1.82) is 0 Å². The second kappa shape index (κ2) is 10.5. The molecule has 1 unspecified atom stereocenters. The quantitative estimate of drug-likeness (QED) is 0.629. The monoisotopic (exact) mass is 444 g/mol. The normalized spacial score (nSPS) is 13.2. The Bertz CT molecular complexity index is 914. The topological polar surface area (TPSA) is 67.9 Å². The molecule has 0 saturated heterocycles. The third-order valence-corrected chi connectivity index (χ3v) is 5.43. The van der Waals surface area contributed by atoms with Crippen molar-refractivity contribution in [3.8, 4) is 11.5 Å². The molecule has 7 heteroatoms. The van der Waals surface area contributed by atoms with Gasteiger partial charge < -0.3 is 19.7 Å². The van der Waals surface area contributed by atoms with E-state index in [1.54, 1.807) is 24.0 Å². The van der Waals surface area contributed by atoms with Gasteiger partial charge in [-0.3, -0.25) is 9.59 Å². The molecular formula is C24H29ClN2O4. The lowest BCUT2D eigenvalue weighted by Gasteiger charge is -2.29. The van der Waals surface area contributed by atoms with E-state index in [1.807, 2.05) is 44.2 Å². The maximum Gasteiger partial charge on any atom is 0.242 e. The van der Waals surface area contributed by atoms with Crippen LogP contribution in [0.2, 0.25) is 5.02 Å². The van der Waals surface area contributed by atoms with Gasteiger partial charge in [0.2, 0.25) is 18.6 Å². The molecule has 31 heavy (non-hydrogen) atoms. The SMILES string of the molecule is CC(C)CNC(=O)C(C)N(Cc1ccc(Cl)cc1)C(=O)CCc1ccc2c(c1)OCO2. The van der Waals surface area contributed by atoms with Crippen LogP contribution in [0.3, 0.4) is 0 Å². The van der Waals surface area contributed by atoms with Gasteiger partial charge in [-0.2, -0.15) is 0 Å². The Balaban J connectivity index is 1.69. The molecule has 166 valence electrons. The van der Waals surface area contributed by atoms with Crippen molar-refractivity contribution >= 4 is 23.4 Å². The summed E-state index contributed by atoms with van der Waals surface area (Å²) in [6.07, 6.45) is 0.835. The molecule has 2 amide bonds. The predicted molar refractivity (Wildman–Crippen MR) is 120 cm³/mol. The summed E-state index contributed by atoms with van der Waals surface area (Å²) in [6.45, 7) is 6.97. The molecule has 1 N–H and O–H groups in total. The maximum atomic E-state index is 13.2. The molecule has 1 heterocycles. The third-order valence-electron chi connectivity index (χ3n) is 5.18. The highest BCUT2D eigenvalue weighted by Crippen LogP contribution is 2.32. The number of hydrogen-bond donors (Lipinski definition) is 1. The molecule has 3 rings (SSSR count). The first-order valence-corrected chi connectivity index (χ1v) is 10.9. The minimum Gasteiger partial charge on any atom is -0.454 e. The molecule has 0 fully saturated rings. The van der Waals surface area contributed by atoms with Crippen LogP contribution in [0.1, 0.15) is 38.3 Å². The number of nitrogens with zero attached hydrogens (tertiary/aromatic N) is 1. The highest BCUT2D eigenvalue weighted by atomic mass is 35.5. The molecule has 1 aliphatic rings. The van der Waals surface area contributed by atoms with E-state index in [-0.39, 0.29) is 25.0 Å². The summed E-state index contributed by atoms with van der Waals surface area (Å²) >= 11 is 5.99. The van der Waals surface area contributed by atoms with Gasteiger partial charge in [-0.1, -0.05) is 43.6 Å². The average Bonchev–Trinajstić information content (AvgIpc) is 3.22. The lowest BCUT2D eigenvalue weighted by atomic mass is 10.1. The van der Waals surface area contributed by atoms with Crippen molar-refractivity contribution < 1.29 is 19.1 Å². The number of carbonyl (C=O) groups excluding carboxylic acids is 2. The number of halogens is 1. The number of carbonyl (C=O) groups is 2. The summed E-state index contributed by atoms with van der Waals surface area (Å²) in [4.78, 5) is 27.5. The molecule has 0 bridgehead atoms. The zero-order valence-electron chi connectivity index (χ0n) is 18.2. The first-order chi connectivity index (χ1) is 14.8. The van der Waals surface area contributed by atoms with Gasteiger partial charge in [0.1, 0.15) is 6.04 Å². The predicted octanol–water partition coefficient (Wildman–Crippen LogP) is 4.19. The Morgan fingerprint density at radius 2 is 1.71 bits per heavy atom. The summed E-state index contributed by atoms with van der Waals surface area (Å²) in [6, 6.07) is 12.4. The number of hydrogen-bond acceptors (Lipinski definition) is 4. The van der Waals surface area contributed by atoms with Gasteiger partial charge in [-0.25, -0.2) is 0 Å².